The van der Waals surface area contributed by atoms with Crippen molar-refractivity contribution in [1.82, 2.24) is 0 Å². The molecule has 0 saturated heterocycles. The SMILES string of the molecule is CCOC(=O)C(Nc1ccc(F)cc1)c1ccccc1C. The van der Waals surface area contributed by atoms with E-state index in [2.05, 4.69) is 5.32 Å². The van der Waals surface area contributed by atoms with Crippen LogP contribution in [0.1, 0.15) is 24.1 Å². The maximum atomic E-state index is 13.0. The van der Waals surface area contributed by atoms with Crippen LogP contribution in [-0.2, 0) is 9.53 Å². The summed E-state index contributed by atoms with van der Waals surface area (Å²) >= 11 is 0. The van der Waals surface area contributed by atoms with E-state index >= 15 is 0 Å². The van der Waals surface area contributed by atoms with Gasteiger partial charge >= 0.3 is 5.97 Å². The van der Waals surface area contributed by atoms with Crippen LogP contribution in [0.5, 0.6) is 0 Å². The number of hydrogen-bond acceptors (Lipinski definition) is 3. The van der Waals surface area contributed by atoms with Gasteiger partial charge in [0.2, 0.25) is 0 Å². The number of rotatable bonds is 5. The maximum absolute atomic E-state index is 13.0. The molecular weight excluding hydrogens is 269 g/mol. The molecule has 0 saturated carbocycles. The summed E-state index contributed by atoms with van der Waals surface area (Å²) in [5, 5.41) is 3.11. The Morgan fingerprint density at radius 3 is 2.48 bits per heavy atom. The normalized spacial score (nSPS) is 11.8. The number of halogens is 1. The number of esters is 1. The van der Waals surface area contributed by atoms with Crippen molar-refractivity contribution in [2.75, 3.05) is 11.9 Å². The van der Waals surface area contributed by atoms with Crippen molar-refractivity contribution in [3.8, 4) is 0 Å². The number of hydrogen-bond donors (Lipinski definition) is 1. The first kappa shape index (κ1) is 15.0. The molecular formula is C17H18FNO2. The van der Waals surface area contributed by atoms with Crippen molar-refractivity contribution >= 4 is 11.7 Å². The van der Waals surface area contributed by atoms with E-state index in [0.717, 1.165) is 11.1 Å². The van der Waals surface area contributed by atoms with E-state index < -0.39 is 6.04 Å². The number of benzene rings is 2. The zero-order chi connectivity index (χ0) is 15.2. The van der Waals surface area contributed by atoms with Crippen molar-refractivity contribution in [3.63, 3.8) is 0 Å². The third-order valence-corrected chi connectivity index (χ3v) is 3.18. The molecule has 4 heteroatoms. The summed E-state index contributed by atoms with van der Waals surface area (Å²) in [5.41, 5.74) is 2.50. The van der Waals surface area contributed by atoms with Crippen molar-refractivity contribution in [1.29, 1.82) is 0 Å². The second-order valence-corrected chi connectivity index (χ2v) is 4.69. The monoisotopic (exact) mass is 287 g/mol. The van der Waals surface area contributed by atoms with Crippen LogP contribution in [0, 0.1) is 12.7 Å². The molecule has 0 radical (unpaired) electrons. The molecule has 2 aromatic carbocycles. The van der Waals surface area contributed by atoms with Gasteiger partial charge in [0.1, 0.15) is 5.82 Å². The molecule has 1 N–H and O–H groups in total. The molecule has 21 heavy (non-hydrogen) atoms. The fourth-order valence-corrected chi connectivity index (χ4v) is 2.11. The third-order valence-electron chi connectivity index (χ3n) is 3.18. The Kier molecular flexibility index (Phi) is 4.93. The average Bonchev–Trinajstić information content (AvgIpc) is 2.48. The fourth-order valence-electron chi connectivity index (χ4n) is 2.11. The molecule has 0 spiro atoms. The molecule has 3 nitrogen and oxygen atoms in total. The molecule has 0 aliphatic heterocycles. The maximum Gasteiger partial charge on any atom is 0.333 e. The van der Waals surface area contributed by atoms with Gasteiger partial charge in [0.05, 0.1) is 6.61 Å². The zero-order valence-electron chi connectivity index (χ0n) is 12.1. The predicted molar refractivity (Wildman–Crippen MR) is 80.6 cm³/mol. The number of anilines is 1. The van der Waals surface area contributed by atoms with Gasteiger partial charge in [-0.15, -0.1) is 0 Å². The van der Waals surface area contributed by atoms with Crippen molar-refractivity contribution in [2.45, 2.75) is 19.9 Å². The van der Waals surface area contributed by atoms with Gasteiger partial charge in [0.25, 0.3) is 0 Å². The Morgan fingerprint density at radius 1 is 1.19 bits per heavy atom. The second-order valence-electron chi connectivity index (χ2n) is 4.69. The summed E-state index contributed by atoms with van der Waals surface area (Å²) in [6.45, 7) is 4.02. The van der Waals surface area contributed by atoms with Crippen LogP contribution in [0.2, 0.25) is 0 Å². The molecule has 2 aromatic rings. The van der Waals surface area contributed by atoms with Gasteiger partial charge in [0.15, 0.2) is 6.04 Å². The van der Waals surface area contributed by atoms with Crippen LogP contribution in [0.25, 0.3) is 0 Å². The molecule has 1 atom stereocenters. The topological polar surface area (TPSA) is 38.3 Å². The van der Waals surface area contributed by atoms with Gasteiger partial charge < -0.3 is 10.1 Å². The minimum atomic E-state index is -0.614. The number of carbonyl (C=O) groups is 1. The Morgan fingerprint density at radius 2 is 1.86 bits per heavy atom. The quantitative estimate of drug-likeness (QED) is 0.849. The fraction of sp³-hybridized carbons (Fsp3) is 0.235. The van der Waals surface area contributed by atoms with Gasteiger partial charge in [-0.05, 0) is 49.2 Å². The lowest BCUT2D eigenvalue weighted by Crippen LogP contribution is -2.24. The lowest BCUT2D eigenvalue weighted by molar-refractivity contribution is -0.144. The summed E-state index contributed by atoms with van der Waals surface area (Å²) in [5.74, 6) is -0.666. The van der Waals surface area contributed by atoms with Crippen LogP contribution < -0.4 is 5.32 Å². The van der Waals surface area contributed by atoms with E-state index in [9.17, 15) is 9.18 Å². The standard InChI is InChI=1S/C17H18FNO2/c1-3-21-17(20)16(15-7-5-4-6-12(15)2)19-14-10-8-13(18)9-11-14/h4-11,16,19H,3H2,1-2H3. The van der Waals surface area contributed by atoms with Crippen LogP contribution in [0.4, 0.5) is 10.1 Å². The smallest absolute Gasteiger partial charge is 0.333 e. The molecule has 0 bridgehead atoms. The van der Waals surface area contributed by atoms with Gasteiger partial charge in [-0.2, -0.15) is 0 Å². The molecule has 0 aliphatic rings. The summed E-state index contributed by atoms with van der Waals surface area (Å²) in [6.07, 6.45) is 0. The minimum absolute atomic E-state index is 0.312. The molecule has 0 amide bonds. The van der Waals surface area contributed by atoms with Crippen molar-refractivity contribution < 1.29 is 13.9 Å². The molecule has 1 unspecified atom stereocenters. The first-order valence-corrected chi connectivity index (χ1v) is 6.86. The summed E-state index contributed by atoms with van der Waals surface area (Å²) in [4.78, 5) is 12.2. The third kappa shape index (κ3) is 3.81. The molecule has 110 valence electrons. The molecule has 0 heterocycles. The van der Waals surface area contributed by atoms with E-state index in [1.807, 2.05) is 31.2 Å². The van der Waals surface area contributed by atoms with Crippen molar-refractivity contribution in [2.24, 2.45) is 0 Å². The first-order chi connectivity index (χ1) is 10.1. The molecule has 0 aromatic heterocycles. The van der Waals surface area contributed by atoms with Gasteiger partial charge in [-0.1, -0.05) is 24.3 Å². The highest BCUT2D eigenvalue weighted by Gasteiger charge is 2.23. The lowest BCUT2D eigenvalue weighted by atomic mass is 10.0. The Labute approximate surface area is 123 Å². The largest absolute Gasteiger partial charge is 0.464 e. The van der Waals surface area contributed by atoms with E-state index in [1.165, 1.54) is 12.1 Å². The Balaban J connectivity index is 2.30. The number of nitrogens with one attached hydrogen (secondary N) is 1. The van der Waals surface area contributed by atoms with E-state index in [-0.39, 0.29) is 11.8 Å². The van der Waals surface area contributed by atoms with Gasteiger partial charge in [0, 0.05) is 5.69 Å². The Hall–Kier alpha value is -2.36. The van der Waals surface area contributed by atoms with Gasteiger partial charge in [-0.25, -0.2) is 9.18 Å². The molecule has 2 rings (SSSR count). The zero-order valence-corrected chi connectivity index (χ0v) is 12.1. The van der Waals surface area contributed by atoms with Crippen LogP contribution in [0.3, 0.4) is 0 Å². The summed E-state index contributed by atoms with van der Waals surface area (Å²) < 4.78 is 18.1. The lowest BCUT2D eigenvalue weighted by Gasteiger charge is -2.20. The highest BCUT2D eigenvalue weighted by molar-refractivity contribution is 5.81. The predicted octanol–water partition coefficient (Wildman–Crippen LogP) is 3.85. The molecule has 0 aliphatic carbocycles. The summed E-state index contributed by atoms with van der Waals surface area (Å²) in [6, 6.07) is 12.9. The van der Waals surface area contributed by atoms with E-state index in [0.29, 0.717) is 12.3 Å². The van der Waals surface area contributed by atoms with E-state index in [4.69, 9.17) is 4.74 Å². The van der Waals surface area contributed by atoms with E-state index in [1.54, 1.807) is 19.1 Å². The molecule has 0 fully saturated rings. The van der Waals surface area contributed by atoms with Crippen LogP contribution in [0.15, 0.2) is 48.5 Å². The number of aryl methyl sites for hydroxylation is 1. The van der Waals surface area contributed by atoms with Crippen LogP contribution in [-0.4, -0.2) is 12.6 Å². The number of ether oxygens (including phenoxy) is 1. The minimum Gasteiger partial charge on any atom is -0.464 e. The summed E-state index contributed by atoms with van der Waals surface area (Å²) in [7, 11) is 0. The average molecular weight is 287 g/mol. The number of carbonyl (C=O) groups excluding carboxylic acids is 1. The highest BCUT2D eigenvalue weighted by atomic mass is 19.1. The Bertz CT molecular complexity index is 610. The first-order valence-electron chi connectivity index (χ1n) is 6.86. The highest BCUT2D eigenvalue weighted by Crippen LogP contribution is 2.24. The van der Waals surface area contributed by atoms with Crippen molar-refractivity contribution in [3.05, 3.63) is 65.5 Å². The second kappa shape index (κ2) is 6.88. The van der Waals surface area contributed by atoms with Gasteiger partial charge in [-0.3, -0.25) is 0 Å². The van der Waals surface area contributed by atoms with Crippen LogP contribution >= 0.6 is 0 Å².